The smallest absolute Gasteiger partial charge is 0.338 e. The molecule has 0 bridgehead atoms. The molecule has 3 atom stereocenters. The van der Waals surface area contributed by atoms with Crippen LogP contribution in [0.4, 0.5) is 0 Å². The van der Waals surface area contributed by atoms with Gasteiger partial charge in [-0.25, -0.2) is 9.59 Å². The number of thioether (sulfide) groups is 1. The summed E-state index contributed by atoms with van der Waals surface area (Å²) >= 11 is 1.41. The molecule has 1 saturated heterocycles. The fraction of sp³-hybridized carbons (Fsp3) is 0.320. The lowest BCUT2D eigenvalue weighted by molar-refractivity contribution is -0.138. The van der Waals surface area contributed by atoms with E-state index >= 15 is 0 Å². The second-order valence-corrected chi connectivity index (χ2v) is 8.93. The van der Waals surface area contributed by atoms with E-state index in [1.807, 2.05) is 43.5 Å². The molecular weight excluding hydrogens is 442 g/mol. The first-order chi connectivity index (χ1) is 15.9. The monoisotopic (exact) mass is 467 g/mol. The van der Waals surface area contributed by atoms with Gasteiger partial charge in [-0.15, -0.1) is 11.8 Å². The number of amides is 1. The van der Waals surface area contributed by atoms with Gasteiger partial charge in [-0.3, -0.25) is 9.69 Å². The number of aryl methyl sites for hydroxylation is 2. The van der Waals surface area contributed by atoms with Gasteiger partial charge in [0.2, 0.25) is 5.91 Å². The highest BCUT2D eigenvalue weighted by molar-refractivity contribution is 8.02. The lowest BCUT2D eigenvalue weighted by Gasteiger charge is -2.27. The second kappa shape index (κ2) is 10.2. The molecule has 1 fully saturated rings. The lowest BCUT2D eigenvalue weighted by atomic mass is 10.1. The van der Waals surface area contributed by atoms with Crippen molar-refractivity contribution in [2.24, 2.45) is 0 Å². The van der Waals surface area contributed by atoms with E-state index in [1.54, 1.807) is 30.5 Å². The third-order valence-electron chi connectivity index (χ3n) is 5.51. The molecule has 0 saturated carbocycles. The molecule has 0 aromatic heterocycles. The van der Waals surface area contributed by atoms with Crippen molar-refractivity contribution in [2.45, 2.75) is 38.7 Å². The number of rotatable bonds is 6. The SMILES string of the molecule is Cc1ccc(C(=O)OCC2OC(N3C=CSCC3=O)C[C@H]2OC(=O)c2ccc(C)cc2)cc1. The third kappa shape index (κ3) is 5.64. The number of hydrogen-bond acceptors (Lipinski definition) is 7. The first-order valence-corrected chi connectivity index (χ1v) is 11.7. The second-order valence-electron chi connectivity index (χ2n) is 8.04. The third-order valence-corrected chi connectivity index (χ3v) is 6.24. The Morgan fingerprint density at radius 1 is 1.00 bits per heavy atom. The highest BCUT2D eigenvalue weighted by Crippen LogP contribution is 2.29. The van der Waals surface area contributed by atoms with Crippen molar-refractivity contribution in [3.05, 3.63) is 82.4 Å². The zero-order valence-corrected chi connectivity index (χ0v) is 19.2. The van der Waals surface area contributed by atoms with Gasteiger partial charge < -0.3 is 14.2 Å². The summed E-state index contributed by atoms with van der Waals surface area (Å²) in [6, 6.07) is 14.1. The highest BCUT2D eigenvalue weighted by atomic mass is 32.2. The minimum absolute atomic E-state index is 0.0894. The maximum absolute atomic E-state index is 12.7. The molecular formula is C25H25NO6S. The van der Waals surface area contributed by atoms with Crippen molar-refractivity contribution < 1.29 is 28.6 Å². The molecule has 2 aliphatic rings. The van der Waals surface area contributed by atoms with Gasteiger partial charge in [0.15, 0.2) is 0 Å². The quantitative estimate of drug-likeness (QED) is 0.597. The Labute approximate surface area is 196 Å². The Morgan fingerprint density at radius 2 is 1.61 bits per heavy atom. The fourth-order valence-corrected chi connectivity index (χ4v) is 4.22. The van der Waals surface area contributed by atoms with Crippen LogP contribution in [0.5, 0.6) is 0 Å². The van der Waals surface area contributed by atoms with Crippen LogP contribution in [0.3, 0.4) is 0 Å². The molecule has 0 radical (unpaired) electrons. The molecule has 7 nitrogen and oxygen atoms in total. The summed E-state index contributed by atoms with van der Waals surface area (Å²) in [6.45, 7) is 3.77. The largest absolute Gasteiger partial charge is 0.459 e. The van der Waals surface area contributed by atoms with Gasteiger partial charge in [0.1, 0.15) is 25.0 Å². The molecule has 0 N–H and O–H groups in total. The summed E-state index contributed by atoms with van der Waals surface area (Å²) < 4.78 is 17.2. The van der Waals surface area contributed by atoms with Crippen LogP contribution in [0.15, 0.2) is 60.1 Å². The van der Waals surface area contributed by atoms with Gasteiger partial charge in [-0.05, 0) is 43.5 Å². The van der Waals surface area contributed by atoms with Crippen LogP contribution >= 0.6 is 11.8 Å². The Kier molecular flexibility index (Phi) is 7.15. The van der Waals surface area contributed by atoms with E-state index in [9.17, 15) is 14.4 Å². The van der Waals surface area contributed by atoms with E-state index in [-0.39, 0.29) is 18.9 Å². The molecule has 0 spiro atoms. The standard InChI is InChI=1S/C25H25NO6S/c1-16-3-7-18(8-4-16)24(28)30-14-21-20(32-25(29)19-9-5-17(2)6-10-19)13-23(31-21)26-11-12-33-15-22(26)27/h3-12,20-21,23H,13-15H2,1-2H3/t20-,21?,23?/m1/s1. The number of carbonyl (C=O) groups is 3. The van der Waals surface area contributed by atoms with Crippen LogP contribution in [0.25, 0.3) is 0 Å². The molecule has 8 heteroatoms. The van der Waals surface area contributed by atoms with Gasteiger partial charge in [-0.1, -0.05) is 35.4 Å². The first-order valence-electron chi connectivity index (χ1n) is 10.7. The van der Waals surface area contributed by atoms with Crippen LogP contribution in [0, 0.1) is 13.8 Å². The number of nitrogens with zero attached hydrogens (tertiary/aromatic N) is 1. The van der Waals surface area contributed by atoms with Gasteiger partial charge >= 0.3 is 11.9 Å². The number of ether oxygens (including phenoxy) is 3. The Bertz CT molecular complexity index is 1050. The molecule has 172 valence electrons. The number of esters is 2. The molecule has 2 unspecified atom stereocenters. The van der Waals surface area contributed by atoms with Crippen molar-refractivity contribution in [2.75, 3.05) is 12.4 Å². The van der Waals surface area contributed by atoms with Crippen molar-refractivity contribution in [1.82, 2.24) is 4.90 Å². The van der Waals surface area contributed by atoms with Crippen LogP contribution in [0.2, 0.25) is 0 Å². The molecule has 33 heavy (non-hydrogen) atoms. The van der Waals surface area contributed by atoms with E-state index in [1.165, 1.54) is 16.7 Å². The summed E-state index contributed by atoms with van der Waals surface area (Å²) in [4.78, 5) is 39.0. The van der Waals surface area contributed by atoms with Crippen molar-refractivity contribution in [3.63, 3.8) is 0 Å². The van der Waals surface area contributed by atoms with E-state index in [0.717, 1.165) is 11.1 Å². The van der Waals surface area contributed by atoms with Gasteiger partial charge in [0, 0.05) is 12.6 Å². The summed E-state index contributed by atoms with van der Waals surface area (Å²) in [5.74, 6) is -0.753. The zero-order valence-electron chi connectivity index (χ0n) is 18.4. The summed E-state index contributed by atoms with van der Waals surface area (Å²) in [6.07, 6.45) is -0.0280. The predicted molar refractivity (Wildman–Crippen MR) is 124 cm³/mol. The van der Waals surface area contributed by atoms with E-state index in [0.29, 0.717) is 16.9 Å². The summed E-state index contributed by atoms with van der Waals surface area (Å²) in [5, 5.41) is 1.82. The lowest BCUT2D eigenvalue weighted by Crippen LogP contribution is -2.38. The average molecular weight is 468 g/mol. The van der Waals surface area contributed by atoms with E-state index < -0.39 is 30.4 Å². The van der Waals surface area contributed by atoms with Gasteiger partial charge in [0.05, 0.1) is 16.9 Å². The minimum atomic E-state index is -0.699. The number of benzene rings is 2. The molecule has 2 aromatic carbocycles. The van der Waals surface area contributed by atoms with Gasteiger partial charge in [0.25, 0.3) is 0 Å². The zero-order chi connectivity index (χ0) is 23.4. The van der Waals surface area contributed by atoms with Crippen LogP contribution in [0.1, 0.15) is 38.3 Å². The maximum Gasteiger partial charge on any atom is 0.338 e. The maximum atomic E-state index is 12.7. The van der Waals surface area contributed by atoms with E-state index in [4.69, 9.17) is 14.2 Å². The predicted octanol–water partition coefficient (Wildman–Crippen LogP) is 3.85. The summed E-state index contributed by atoms with van der Waals surface area (Å²) in [5.41, 5.74) is 2.92. The molecule has 0 aliphatic carbocycles. The average Bonchev–Trinajstić information content (AvgIpc) is 3.21. The molecule has 1 amide bonds. The van der Waals surface area contributed by atoms with E-state index in [2.05, 4.69) is 0 Å². The van der Waals surface area contributed by atoms with Crippen molar-refractivity contribution in [1.29, 1.82) is 0 Å². The Hall–Kier alpha value is -3.10. The molecule has 2 heterocycles. The highest BCUT2D eigenvalue weighted by Gasteiger charge is 2.42. The fourth-order valence-electron chi connectivity index (χ4n) is 3.61. The van der Waals surface area contributed by atoms with Crippen molar-refractivity contribution in [3.8, 4) is 0 Å². The minimum Gasteiger partial charge on any atom is -0.459 e. The molecule has 2 aromatic rings. The Balaban J connectivity index is 1.46. The Morgan fingerprint density at radius 3 is 2.21 bits per heavy atom. The van der Waals surface area contributed by atoms with Crippen LogP contribution in [-0.4, -0.2) is 53.5 Å². The number of hydrogen-bond donors (Lipinski definition) is 0. The number of carbonyl (C=O) groups excluding carboxylic acids is 3. The molecule has 2 aliphatic heterocycles. The van der Waals surface area contributed by atoms with Crippen LogP contribution < -0.4 is 0 Å². The normalized spacial score (nSPS) is 22.3. The first kappa shape index (κ1) is 23.1. The van der Waals surface area contributed by atoms with Crippen molar-refractivity contribution >= 4 is 29.6 Å². The topological polar surface area (TPSA) is 82.1 Å². The summed E-state index contributed by atoms with van der Waals surface area (Å²) in [7, 11) is 0. The van der Waals surface area contributed by atoms with Crippen LogP contribution in [-0.2, 0) is 19.0 Å². The van der Waals surface area contributed by atoms with Gasteiger partial charge in [-0.2, -0.15) is 0 Å². The molecule has 4 rings (SSSR count).